The number of pyridine rings is 1. The van der Waals surface area contributed by atoms with E-state index in [-0.39, 0.29) is 6.61 Å². The third-order valence-electron chi connectivity index (χ3n) is 3.93. The quantitative estimate of drug-likeness (QED) is 0.487. The van der Waals surface area contributed by atoms with Gasteiger partial charge in [0, 0.05) is 17.3 Å². The molecule has 0 aliphatic carbocycles. The van der Waals surface area contributed by atoms with Crippen molar-refractivity contribution < 1.29 is 15.1 Å². The smallest absolute Gasteiger partial charge is 0.274 e. The predicted octanol–water partition coefficient (Wildman–Crippen LogP) is 3.53. The number of nitrogens with one attached hydrogen (secondary N) is 1. The number of benzene rings is 2. The normalized spacial score (nSPS) is 10.8. The molecule has 5 heteroatoms. The highest BCUT2D eigenvalue weighted by Gasteiger charge is 2.03. The Labute approximate surface area is 151 Å². The van der Waals surface area contributed by atoms with Gasteiger partial charge < -0.3 is 5.11 Å². The molecular formula is C21H18N2O3. The van der Waals surface area contributed by atoms with Gasteiger partial charge in [-0.1, -0.05) is 42.5 Å². The van der Waals surface area contributed by atoms with E-state index in [1.807, 2.05) is 48.6 Å². The van der Waals surface area contributed by atoms with Crippen molar-refractivity contribution in [1.82, 2.24) is 10.5 Å². The van der Waals surface area contributed by atoms with Gasteiger partial charge in [-0.05, 0) is 47.0 Å². The fraction of sp³-hybridized carbons (Fsp3) is 0.0476. The Bertz CT molecular complexity index is 934. The van der Waals surface area contributed by atoms with Crippen LogP contribution in [-0.4, -0.2) is 21.2 Å². The summed E-state index contributed by atoms with van der Waals surface area (Å²) in [5.74, 6) is -0.538. The Morgan fingerprint density at radius 2 is 1.77 bits per heavy atom. The number of carbonyl (C=O) groups excluding carboxylic acids is 1. The summed E-state index contributed by atoms with van der Waals surface area (Å²) in [6, 6.07) is 18.4. The fourth-order valence-corrected chi connectivity index (χ4v) is 2.54. The lowest BCUT2D eigenvalue weighted by atomic mass is 10.1. The van der Waals surface area contributed by atoms with Crippen molar-refractivity contribution >= 4 is 18.1 Å². The van der Waals surface area contributed by atoms with Gasteiger partial charge in [-0.3, -0.25) is 15.0 Å². The maximum atomic E-state index is 11.3. The lowest BCUT2D eigenvalue weighted by Crippen LogP contribution is -2.18. The van der Waals surface area contributed by atoms with Gasteiger partial charge in [-0.15, -0.1) is 0 Å². The molecule has 1 heterocycles. The highest BCUT2D eigenvalue weighted by Crippen LogP contribution is 2.20. The zero-order valence-electron chi connectivity index (χ0n) is 14.0. The van der Waals surface area contributed by atoms with Crippen LogP contribution >= 0.6 is 0 Å². The standard InChI is InChI=1S/C21H18N2O3/c24-14-17-2-1-3-19(12-17)20-13-16(10-11-22-20)5-4-15-6-8-18(9-7-15)21(25)23-26/h1-13,24,26H,14H2,(H,23,25)/b5-4+. The number of aliphatic hydroxyl groups excluding tert-OH is 1. The van der Waals surface area contributed by atoms with Crippen molar-refractivity contribution in [2.24, 2.45) is 0 Å². The van der Waals surface area contributed by atoms with E-state index in [0.717, 1.165) is 27.9 Å². The molecule has 0 spiro atoms. The van der Waals surface area contributed by atoms with Gasteiger partial charge in [-0.25, -0.2) is 5.48 Å². The summed E-state index contributed by atoms with van der Waals surface area (Å²) < 4.78 is 0. The van der Waals surface area contributed by atoms with Crippen molar-refractivity contribution in [3.05, 3.63) is 89.1 Å². The van der Waals surface area contributed by atoms with Crippen molar-refractivity contribution in [2.75, 3.05) is 0 Å². The minimum absolute atomic E-state index is 0.00225. The third kappa shape index (κ3) is 4.22. The molecule has 0 atom stereocenters. The molecule has 1 amide bonds. The first-order valence-electron chi connectivity index (χ1n) is 8.08. The van der Waals surface area contributed by atoms with E-state index in [9.17, 15) is 9.90 Å². The number of amides is 1. The molecule has 26 heavy (non-hydrogen) atoms. The Kier molecular flexibility index (Phi) is 5.53. The van der Waals surface area contributed by atoms with Gasteiger partial charge >= 0.3 is 0 Å². The average Bonchev–Trinajstić information content (AvgIpc) is 2.72. The third-order valence-corrected chi connectivity index (χ3v) is 3.93. The second-order valence-electron chi connectivity index (χ2n) is 5.73. The van der Waals surface area contributed by atoms with E-state index in [0.29, 0.717) is 5.56 Å². The highest BCUT2D eigenvalue weighted by atomic mass is 16.5. The van der Waals surface area contributed by atoms with E-state index < -0.39 is 5.91 Å². The summed E-state index contributed by atoms with van der Waals surface area (Å²) in [5, 5.41) is 17.9. The SMILES string of the molecule is O=C(NO)c1ccc(/C=C/c2ccnc(-c3cccc(CO)c3)c2)cc1. The minimum atomic E-state index is -0.538. The van der Waals surface area contributed by atoms with Gasteiger partial charge in [0.2, 0.25) is 0 Å². The molecule has 0 fully saturated rings. The number of nitrogens with zero attached hydrogens (tertiary/aromatic N) is 1. The van der Waals surface area contributed by atoms with Crippen LogP contribution < -0.4 is 5.48 Å². The Balaban J connectivity index is 1.80. The molecule has 0 aliphatic rings. The summed E-state index contributed by atoms with van der Waals surface area (Å²) in [6.07, 6.45) is 5.64. The van der Waals surface area contributed by atoms with Crippen LogP contribution in [0.1, 0.15) is 27.0 Å². The second kappa shape index (κ2) is 8.20. The molecule has 1 aromatic heterocycles. The van der Waals surface area contributed by atoms with Crippen LogP contribution in [0.4, 0.5) is 0 Å². The van der Waals surface area contributed by atoms with E-state index >= 15 is 0 Å². The molecular weight excluding hydrogens is 328 g/mol. The molecule has 3 rings (SSSR count). The van der Waals surface area contributed by atoms with E-state index in [1.165, 1.54) is 0 Å². The highest BCUT2D eigenvalue weighted by molar-refractivity contribution is 5.93. The number of hydroxylamine groups is 1. The van der Waals surface area contributed by atoms with Gasteiger partial charge in [0.25, 0.3) is 5.91 Å². The number of hydrogen-bond donors (Lipinski definition) is 3. The lowest BCUT2D eigenvalue weighted by Gasteiger charge is -2.04. The van der Waals surface area contributed by atoms with Crippen LogP contribution in [-0.2, 0) is 6.61 Å². The summed E-state index contributed by atoms with van der Waals surface area (Å²) in [6.45, 7) is -0.00225. The van der Waals surface area contributed by atoms with E-state index in [2.05, 4.69) is 4.98 Å². The maximum absolute atomic E-state index is 11.3. The molecule has 5 nitrogen and oxygen atoms in total. The number of hydrogen-bond acceptors (Lipinski definition) is 4. The zero-order chi connectivity index (χ0) is 18.4. The van der Waals surface area contributed by atoms with Gasteiger partial charge in [0.1, 0.15) is 0 Å². The van der Waals surface area contributed by atoms with Gasteiger partial charge in [0.15, 0.2) is 0 Å². The van der Waals surface area contributed by atoms with Crippen molar-refractivity contribution in [1.29, 1.82) is 0 Å². The lowest BCUT2D eigenvalue weighted by molar-refractivity contribution is 0.0706. The molecule has 0 bridgehead atoms. The van der Waals surface area contributed by atoms with Crippen LogP contribution in [0, 0.1) is 0 Å². The molecule has 0 radical (unpaired) electrons. The molecule has 0 aliphatic heterocycles. The number of carbonyl (C=O) groups is 1. The molecule has 0 saturated heterocycles. The van der Waals surface area contributed by atoms with Crippen LogP contribution in [0.25, 0.3) is 23.4 Å². The molecule has 0 unspecified atom stereocenters. The Morgan fingerprint density at radius 1 is 1.00 bits per heavy atom. The van der Waals surface area contributed by atoms with Crippen molar-refractivity contribution in [2.45, 2.75) is 6.61 Å². The fourth-order valence-electron chi connectivity index (χ4n) is 2.54. The van der Waals surface area contributed by atoms with Crippen LogP contribution in [0.3, 0.4) is 0 Å². The van der Waals surface area contributed by atoms with E-state index in [4.69, 9.17) is 5.21 Å². The maximum Gasteiger partial charge on any atom is 0.274 e. The Morgan fingerprint density at radius 3 is 2.50 bits per heavy atom. The first kappa shape index (κ1) is 17.5. The zero-order valence-corrected chi connectivity index (χ0v) is 14.0. The molecule has 3 N–H and O–H groups in total. The Hall–Kier alpha value is -3.28. The largest absolute Gasteiger partial charge is 0.392 e. The summed E-state index contributed by atoms with van der Waals surface area (Å²) >= 11 is 0. The number of rotatable bonds is 5. The molecule has 130 valence electrons. The number of aliphatic hydroxyl groups is 1. The monoisotopic (exact) mass is 346 g/mol. The van der Waals surface area contributed by atoms with E-state index in [1.54, 1.807) is 35.9 Å². The summed E-state index contributed by atoms with van der Waals surface area (Å²) in [7, 11) is 0. The van der Waals surface area contributed by atoms with Crippen molar-refractivity contribution in [3.8, 4) is 11.3 Å². The van der Waals surface area contributed by atoms with Gasteiger partial charge in [0.05, 0.1) is 12.3 Å². The first-order chi connectivity index (χ1) is 12.7. The van der Waals surface area contributed by atoms with Crippen LogP contribution in [0.5, 0.6) is 0 Å². The van der Waals surface area contributed by atoms with Crippen LogP contribution in [0.15, 0.2) is 66.9 Å². The molecule has 3 aromatic rings. The topological polar surface area (TPSA) is 82.5 Å². The number of aromatic nitrogens is 1. The minimum Gasteiger partial charge on any atom is -0.392 e. The molecule has 0 saturated carbocycles. The van der Waals surface area contributed by atoms with Crippen LogP contribution in [0.2, 0.25) is 0 Å². The summed E-state index contributed by atoms with van der Waals surface area (Å²) in [4.78, 5) is 15.7. The van der Waals surface area contributed by atoms with Gasteiger partial charge in [-0.2, -0.15) is 0 Å². The van der Waals surface area contributed by atoms with Crippen molar-refractivity contribution in [3.63, 3.8) is 0 Å². The second-order valence-corrected chi connectivity index (χ2v) is 5.73. The first-order valence-corrected chi connectivity index (χ1v) is 8.08. The average molecular weight is 346 g/mol. The predicted molar refractivity (Wildman–Crippen MR) is 100 cm³/mol. The molecule has 2 aromatic carbocycles. The summed E-state index contributed by atoms with van der Waals surface area (Å²) in [5.41, 5.74) is 6.54.